The molecule has 0 aromatic heterocycles. The maximum Gasteiger partial charge on any atom is 0.127 e. The zero-order chi connectivity index (χ0) is 6.12. The molecule has 2 nitrogen and oxygen atoms in total. The van der Waals surface area contributed by atoms with Crippen LogP contribution in [0.15, 0.2) is 9.02 Å². The summed E-state index contributed by atoms with van der Waals surface area (Å²) in [6.07, 6.45) is 0. The minimum atomic E-state index is 1.89. The summed E-state index contributed by atoms with van der Waals surface area (Å²) in [5.41, 5.74) is 0. The van der Waals surface area contributed by atoms with Crippen LogP contribution < -0.4 is 0 Å². The van der Waals surface area contributed by atoms with Crippen molar-refractivity contribution in [3.8, 4) is 0 Å². The summed E-state index contributed by atoms with van der Waals surface area (Å²) >= 11 is 9.27. The van der Waals surface area contributed by atoms with Gasteiger partial charge in [0.25, 0.3) is 0 Å². The fraction of sp³-hybridized carbons (Fsp3) is 0.667. The quantitative estimate of drug-likeness (QED) is 0.463. The number of halogens is 2. The number of rotatable bonds is 0. The lowest BCUT2D eigenvalue weighted by atomic mass is 11.0. The molecule has 0 unspecified atom stereocenters. The van der Waals surface area contributed by atoms with Gasteiger partial charge < -0.3 is 0 Å². The van der Waals surface area contributed by atoms with Gasteiger partial charge in [-0.15, -0.1) is 9.02 Å². The highest BCUT2D eigenvalue weighted by molar-refractivity contribution is 6.20. The number of nitrogens with zero attached hydrogens (tertiary/aromatic N) is 2. The van der Waals surface area contributed by atoms with Crippen molar-refractivity contribution in [2.45, 2.75) is 13.8 Å². The Morgan fingerprint density at radius 2 is 1.43 bits per heavy atom. The molecule has 0 bridgehead atoms. The van der Waals surface area contributed by atoms with E-state index in [0.29, 0.717) is 0 Å². The van der Waals surface area contributed by atoms with Gasteiger partial charge >= 0.3 is 0 Å². The molecule has 0 spiro atoms. The molecule has 42 valence electrons. The van der Waals surface area contributed by atoms with Crippen molar-refractivity contribution in [3.05, 3.63) is 0 Å². The van der Waals surface area contributed by atoms with Gasteiger partial charge in [0, 0.05) is 23.6 Å². The van der Waals surface area contributed by atoms with Gasteiger partial charge in [0.15, 0.2) is 0 Å². The van der Waals surface area contributed by atoms with Crippen LogP contribution in [0.1, 0.15) is 13.8 Å². The Morgan fingerprint density at radius 1 is 1.14 bits per heavy atom. The van der Waals surface area contributed by atoms with Crippen LogP contribution in [0.4, 0.5) is 0 Å². The van der Waals surface area contributed by atoms with E-state index < -0.39 is 0 Å². The predicted molar refractivity (Wildman–Crippen MR) is 32.9 cm³/mol. The minimum absolute atomic E-state index is 1.89. The Balaban J connectivity index is 0. The van der Waals surface area contributed by atoms with Crippen molar-refractivity contribution in [1.29, 1.82) is 0 Å². The molecule has 0 aromatic carbocycles. The molecule has 0 heterocycles. The van der Waals surface area contributed by atoms with Gasteiger partial charge in [-0.25, -0.2) is 0 Å². The van der Waals surface area contributed by atoms with Gasteiger partial charge in [-0.3, -0.25) is 0 Å². The van der Waals surface area contributed by atoms with Gasteiger partial charge in [-0.1, -0.05) is 13.8 Å². The molecule has 7 heavy (non-hydrogen) atoms. The van der Waals surface area contributed by atoms with Crippen LogP contribution in [0.5, 0.6) is 0 Å². The molecule has 0 atom stereocenters. The smallest absolute Gasteiger partial charge is 0.112 e. The second kappa shape index (κ2) is 16.7. The largest absolute Gasteiger partial charge is 0.127 e. The SMILES string of the molecule is CC.ClN=C=NCl. The lowest BCUT2D eigenvalue weighted by molar-refractivity contribution is 1.50. The van der Waals surface area contributed by atoms with Crippen molar-refractivity contribution in [2.24, 2.45) is 9.02 Å². The molecule has 0 aromatic rings. The molecule has 0 N–H and O–H groups in total. The van der Waals surface area contributed by atoms with Crippen molar-refractivity contribution >= 4 is 29.6 Å². The van der Waals surface area contributed by atoms with E-state index in [1.807, 2.05) is 19.9 Å². The van der Waals surface area contributed by atoms with Crippen LogP contribution in [-0.2, 0) is 0 Å². The molecule has 0 saturated carbocycles. The highest BCUT2D eigenvalue weighted by Gasteiger charge is 1.41. The molecule has 0 aliphatic heterocycles. The maximum atomic E-state index is 4.64. The van der Waals surface area contributed by atoms with Crippen molar-refractivity contribution in [3.63, 3.8) is 0 Å². The Kier molecular flexibility index (Phi) is 24.0. The number of hydrogen-bond donors (Lipinski definition) is 0. The van der Waals surface area contributed by atoms with Crippen molar-refractivity contribution in [2.75, 3.05) is 0 Å². The lowest BCUT2D eigenvalue weighted by Crippen LogP contribution is -1.30. The molecule has 0 fully saturated rings. The average Bonchev–Trinajstić information content (AvgIpc) is 1.75. The summed E-state index contributed by atoms with van der Waals surface area (Å²) in [7, 11) is 0. The standard InChI is InChI=1S/C2H6.CCl2N2/c1-2;2-4-1-5-3/h1-2H3;. The molecule has 0 saturated heterocycles. The van der Waals surface area contributed by atoms with E-state index in [0.717, 1.165) is 0 Å². The fourth-order valence-corrected chi connectivity index (χ4v) is 0.129. The number of hydrogen-bond acceptors (Lipinski definition) is 2. The summed E-state index contributed by atoms with van der Waals surface area (Å²) in [6, 6.07) is 1.89. The summed E-state index contributed by atoms with van der Waals surface area (Å²) < 4.78 is 5.56. The molecule has 0 aliphatic carbocycles. The van der Waals surface area contributed by atoms with E-state index in [2.05, 4.69) is 32.6 Å². The average molecular weight is 141 g/mol. The monoisotopic (exact) mass is 140 g/mol. The first kappa shape index (κ1) is 10.0. The second-order valence-electron chi connectivity index (χ2n) is 0.269. The van der Waals surface area contributed by atoms with Crippen molar-refractivity contribution < 1.29 is 0 Å². The Bertz CT molecular complexity index is 59.3. The molecule has 0 aliphatic rings. The first-order chi connectivity index (χ1) is 3.41. The zero-order valence-corrected chi connectivity index (χ0v) is 5.66. The van der Waals surface area contributed by atoms with Crippen LogP contribution in [0, 0.1) is 0 Å². The van der Waals surface area contributed by atoms with Gasteiger partial charge in [-0.05, 0) is 0 Å². The molecule has 0 rings (SSSR count). The molecule has 4 heteroatoms. The summed E-state index contributed by atoms with van der Waals surface area (Å²) in [5.74, 6) is 0. The first-order valence-corrected chi connectivity index (χ1v) is 2.46. The maximum absolute atomic E-state index is 4.64. The highest BCUT2D eigenvalue weighted by Crippen LogP contribution is 1.69. The molecular weight excluding hydrogens is 135 g/mol. The Labute approximate surface area is 53.1 Å². The third-order valence-electron chi connectivity index (χ3n) is 0.0756. The topological polar surface area (TPSA) is 24.7 Å². The van der Waals surface area contributed by atoms with Crippen LogP contribution >= 0.6 is 23.6 Å². The minimum Gasteiger partial charge on any atom is -0.112 e. The van der Waals surface area contributed by atoms with E-state index in [4.69, 9.17) is 0 Å². The second-order valence-corrected chi connectivity index (χ2v) is 0.607. The lowest BCUT2D eigenvalue weighted by Gasteiger charge is -1.43. The Morgan fingerprint density at radius 3 is 1.43 bits per heavy atom. The van der Waals surface area contributed by atoms with E-state index in [1.54, 1.807) is 0 Å². The van der Waals surface area contributed by atoms with E-state index in [9.17, 15) is 0 Å². The Hall–Kier alpha value is -0.0400. The van der Waals surface area contributed by atoms with Gasteiger partial charge in [0.2, 0.25) is 0 Å². The zero-order valence-electron chi connectivity index (χ0n) is 4.15. The summed E-state index contributed by atoms with van der Waals surface area (Å²) in [5, 5.41) is 0. The molecular formula is C3H6Cl2N2. The van der Waals surface area contributed by atoms with Gasteiger partial charge in [-0.2, -0.15) is 0 Å². The molecule has 0 amide bonds. The van der Waals surface area contributed by atoms with Gasteiger partial charge in [0.1, 0.15) is 6.01 Å². The summed E-state index contributed by atoms with van der Waals surface area (Å²) in [6.45, 7) is 4.00. The molecule has 0 radical (unpaired) electrons. The van der Waals surface area contributed by atoms with Crippen molar-refractivity contribution in [1.82, 2.24) is 0 Å². The van der Waals surface area contributed by atoms with Gasteiger partial charge in [0.05, 0.1) is 0 Å². The summed E-state index contributed by atoms with van der Waals surface area (Å²) in [4.78, 5) is 0. The third kappa shape index (κ3) is 24.3. The fourth-order valence-electron chi connectivity index (χ4n) is 0.0143. The van der Waals surface area contributed by atoms with E-state index >= 15 is 0 Å². The van der Waals surface area contributed by atoms with Crippen LogP contribution in [0.2, 0.25) is 0 Å². The first-order valence-electron chi connectivity index (χ1n) is 1.79. The van der Waals surface area contributed by atoms with E-state index in [-0.39, 0.29) is 0 Å². The van der Waals surface area contributed by atoms with Crippen LogP contribution in [0.25, 0.3) is 0 Å². The van der Waals surface area contributed by atoms with Crippen LogP contribution in [0.3, 0.4) is 0 Å². The highest BCUT2D eigenvalue weighted by atomic mass is 35.5. The van der Waals surface area contributed by atoms with E-state index in [1.165, 1.54) is 0 Å². The van der Waals surface area contributed by atoms with Crippen LogP contribution in [-0.4, -0.2) is 6.01 Å². The third-order valence-corrected chi connectivity index (χ3v) is 0.227. The predicted octanol–water partition coefficient (Wildman–Crippen LogP) is 2.49. The normalized spacial score (nSPS) is 4.57.